The Hall–Kier alpha value is -13.8. The van der Waals surface area contributed by atoms with E-state index in [1.807, 2.05) is 70.5 Å². The van der Waals surface area contributed by atoms with Gasteiger partial charge in [-0.25, -0.2) is 44.3 Å². The van der Waals surface area contributed by atoms with Crippen molar-refractivity contribution >= 4 is 47.3 Å². The summed E-state index contributed by atoms with van der Waals surface area (Å²) in [5, 5.41) is 27.8. The monoisotopic (exact) mass is 1850 g/mol. The predicted molar refractivity (Wildman–Crippen MR) is 459 cm³/mol. The molecular weight excluding hydrogens is 1760 g/mol. The molecule has 21 rings (SSSR count). The van der Waals surface area contributed by atoms with Gasteiger partial charge in [-0.2, -0.15) is 0 Å². The van der Waals surface area contributed by atoms with Crippen molar-refractivity contribution in [2.75, 3.05) is 32.8 Å². The number of aromatic nitrogens is 4. The summed E-state index contributed by atoms with van der Waals surface area (Å²) in [4.78, 5) is 164. The number of nitrogens with zero attached hydrogens (tertiary/aromatic N) is 8. The number of ether oxygens (including phenoxy) is 3. The van der Waals surface area contributed by atoms with Crippen LogP contribution in [0, 0.1) is 76.0 Å². The molecule has 5 aromatic carbocycles. The summed E-state index contributed by atoms with van der Waals surface area (Å²) in [6.45, 7) is 4.34. The molecule has 0 radical (unpaired) electrons. The first-order valence-electron chi connectivity index (χ1n) is 44.7. The second-order valence-corrected chi connectivity index (χ2v) is 37.0. The van der Waals surface area contributed by atoms with Gasteiger partial charge in [0.05, 0.1) is 28.8 Å². The number of nitrogens with one attached hydrogen (secondary N) is 3. The number of hydrogen-bond acceptors (Lipinski definition) is 17. The van der Waals surface area contributed by atoms with Gasteiger partial charge in [-0.05, 0) is 119 Å². The Morgan fingerprint density at radius 2 is 0.649 bits per heavy atom. The summed E-state index contributed by atoms with van der Waals surface area (Å²) >= 11 is 0. The minimum absolute atomic E-state index is 0.00119. The molecule has 28 nitrogen and oxygen atoms in total. The highest BCUT2D eigenvalue weighted by Crippen LogP contribution is 2.53. The maximum Gasteiger partial charge on any atom is 0.343 e. The minimum Gasteiger partial charge on any atom is -0.503 e. The van der Waals surface area contributed by atoms with Crippen LogP contribution in [0.1, 0.15) is 221 Å². The molecule has 8 bridgehead atoms. The van der Waals surface area contributed by atoms with Crippen molar-refractivity contribution in [3.63, 3.8) is 0 Å². The molecule has 7 amide bonds. The van der Waals surface area contributed by atoms with Gasteiger partial charge in [0.2, 0.25) is 21.7 Å². The summed E-state index contributed by atoms with van der Waals surface area (Å²) in [5.74, 6) is -15.4. The summed E-state index contributed by atoms with van der Waals surface area (Å²) in [7, 11) is 0. The maximum absolute atomic E-state index is 14.1. The molecule has 0 unspecified atom stereocenters. The molecule has 12 heterocycles. The molecule has 5 N–H and O–H groups in total. The fourth-order valence-electron chi connectivity index (χ4n) is 22.7. The molecule has 9 aromatic rings. The zero-order chi connectivity index (χ0) is 94.5. The molecule has 134 heavy (non-hydrogen) atoms. The number of benzene rings is 5. The van der Waals surface area contributed by atoms with Gasteiger partial charge in [-0.15, -0.1) is 0 Å². The Kier molecular flexibility index (Phi) is 24.1. The van der Waals surface area contributed by atoms with Crippen LogP contribution in [0.4, 0.5) is 39.5 Å². The number of amides is 7. The third-order valence-electron chi connectivity index (χ3n) is 28.7. The Balaban J connectivity index is 0.000000120. The Bertz CT molecular complexity index is 6400. The number of halogens is 9. The lowest BCUT2D eigenvalue weighted by Gasteiger charge is -2.44. The van der Waals surface area contributed by atoms with Crippen molar-refractivity contribution in [1.29, 1.82) is 0 Å². The van der Waals surface area contributed by atoms with E-state index in [1.165, 1.54) is 33.9 Å². The van der Waals surface area contributed by atoms with Crippen molar-refractivity contribution < 1.29 is 102 Å². The average molecular weight is 1850 g/mol. The van der Waals surface area contributed by atoms with E-state index in [-0.39, 0.29) is 88.1 Å². The average Bonchev–Trinajstić information content (AvgIpc) is 1.53. The van der Waals surface area contributed by atoms with Crippen LogP contribution >= 0.6 is 0 Å². The maximum atomic E-state index is 14.1. The van der Waals surface area contributed by atoms with E-state index < -0.39 is 180 Å². The zero-order valence-electron chi connectivity index (χ0n) is 72.6. The molecule has 4 saturated heterocycles. The first-order chi connectivity index (χ1) is 64.2. The number of pyridine rings is 4. The fraction of sp³-hybridized carbons (Fsp3) is 0.402. The van der Waals surface area contributed by atoms with E-state index in [0.717, 1.165) is 120 Å². The minimum atomic E-state index is -1.18. The Morgan fingerprint density at radius 1 is 0.381 bits per heavy atom. The van der Waals surface area contributed by atoms with E-state index in [2.05, 4.69) is 16.0 Å². The highest BCUT2D eigenvalue weighted by Gasteiger charge is 2.59. The Morgan fingerprint density at radius 3 is 0.948 bits per heavy atom. The second kappa shape index (κ2) is 35.6. The summed E-state index contributed by atoms with van der Waals surface area (Å²) < 4.78 is 146. The molecule has 4 aromatic heterocycles. The van der Waals surface area contributed by atoms with Crippen molar-refractivity contribution in [1.82, 2.24) is 53.8 Å². The molecule has 8 atom stereocenters. The number of carbonyl (C=O) groups excluding carboxylic acids is 8. The van der Waals surface area contributed by atoms with Gasteiger partial charge >= 0.3 is 5.97 Å². The van der Waals surface area contributed by atoms with Gasteiger partial charge in [-0.1, -0.05) is 86.3 Å². The van der Waals surface area contributed by atoms with Gasteiger partial charge in [-0.3, -0.25) is 52.7 Å². The normalized spacial score (nSPS) is 23.0. The van der Waals surface area contributed by atoms with E-state index in [1.54, 1.807) is 25.9 Å². The molecule has 12 aliphatic rings. The lowest BCUT2D eigenvalue weighted by molar-refractivity contribution is 0.0405. The van der Waals surface area contributed by atoms with Crippen LogP contribution in [-0.2, 0) is 63.8 Å². The number of aromatic hydroxyl groups is 2. The van der Waals surface area contributed by atoms with Crippen LogP contribution in [0.25, 0.3) is 0 Å². The van der Waals surface area contributed by atoms with Crippen LogP contribution in [0.3, 0.4) is 0 Å². The zero-order valence-corrected chi connectivity index (χ0v) is 72.6. The standard InChI is InChI=1S/C29H26F3N3O4.C24H26N2O5.2C22H20F3N3O4/c30-19-9-22(31)20(23(32)10-19)12-33-27(37)21-14-34-16-29-8-4-7-18(11-29)13-35(29)28(38)24(34)26(25(21)36)39-15-17-5-2-1-3-6-17;1-2-30-23(29)18-13-25-15-24-10-6-9-17(11-24)12-26(24)22(28)19(25)21(20(18)27)31-14-16-7-4-3-5-8-16;2*23-12-4-15(24)13(16(25)5-12)7-26-20(31)14-9-27-10-22-3-1-2-11(6-22)8-28(22)21(32)17(27)19(30)18(14)29/h1-3,5-6,9-10,14,18H,4,7-8,11-13,15-16H2,(H,33,37);3-5,7-8,13,17H,2,6,9-12,14-15H2,1H3;2*4-5,9,11,30H,1-3,6-8,10H2,(H,26,31)/t18-,29+;17-,24+;2*11-,22+/m1111/s1. The van der Waals surface area contributed by atoms with Gasteiger partial charge in [0.1, 0.15) is 87.8 Å². The molecule has 4 saturated carbocycles. The van der Waals surface area contributed by atoms with E-state index in [9.17, 15) is 107 Å². The lowest BCUT2D eigenvalue weighted by atomic mass is 9.79. The Labute approximate surface area is 758 Å². The van der Waals surface area contributed by atoms with Crippen LogP contribution in [0.15, 0.2) is 141 Å². The van der Waals surface area contributed by atoms with E-state index >= 15 is 0 Å². The van der Waals surface area contributed by atoms with Crippen molar-refractivity contribution in [2.24, 2.45) is 23.7 Å². The number of rotatable bonds is 17. The SMILES string of the molecule is CCOC(=O)c1cn2c(c(OCc3ccccc3)c1=O)C(=O)N1C[C@@H]3CCC[C@]1(C3)C2.O=C(NCc1c(F)cc(F)cc1F)c1cn2c(c(O)c1=O)C(=O)N1C[C@@H]3CCC[C@]1(C3)C2.O=C(NCc1c(F)cc(F)cc1F)c1cn2c(c(O)c1=O)C(=O)N1C[C@@H]3CCC[C@]1(C3)C2.O=C(NCc1c(F)cc(F)cc1F)c1cn2c(c(OCc3ccccc3)c1=O)C(=O)N1C[C@@H]3CCC[C@]1(C3)C2. The number of carbonyl (C=O) groups is 8. The third kappa shape index (κ3) is 16.5. The number of hydrogen-bond donors (Lipinski definition) is 5. The van der Waals surface area contributed by atoms with Crippen LogP contribution < -0.4 is 47.1 Å². The highest BCUT2D eigenvalue weighted by molar-refractivity contribution is 6.03. The molecule has 8 fully saturated rings. The van der Waals surface area contributed by atoms with Gasteiger partial charge < -0.3 is 78.2 Å². The molecule has 700 valence electrons. The van der Waals surface area contributed by atoms with Crippen molar-refractivity contribution in [3.8, 4) is 23.0 Å². The quantitative estimate of drug-likeness (QED) is 0.0418. The first kappa shape index (κ1) is 90.8. The number of fused-ring (bicyclic) bond motifs is 8. The molecule has 4 spiro atoms. The summed E-state index contributed by atoms with van der Waals surface area (Å²) in [5.41, 5.74) is -6.16. The molecule has 37 heteroatoms. The summed E-state index contributed by atoms with van der Waals surface area (Å²) in [6.07, 6.45) is 20.4. The fourth-order valence-corrected chi connectivity index (χ4v) is 22.7. The molecular formula is C97H92F9N11O17. The van der Waals surface area contributed by atoms with E-state index in [4.69, 9.17) is 14.2 Å². The van der Waals surface area contributed by atoms with Gasteiger partial charge in [0, 0.05) is 150 Å². The molecule has 8 aliphatic heterocycles. The van der Waals surface area contributed by atoms with Crippen molar-refractivity contribution in [3.05, 3.63) is 288 Å². The molecule has 4 aliphatic carbocycles. The van der Waals surface area contributed by atoms with Crippen LogP contribution in [-0.4, -0.2) is 150 Å². The van der Waals surface area contributed by atoms with E-state index in [0.29, 0.717) is 106 Å². The van der Waals surface area contributed by atoms with Crippen molar-refractivity contribution in [2.45, 2.75) is 191 Å². The number of esters is 1. The van der Waals surface area contributed by atoms with Gasteiger partial charge in [0.25, 0.3) is 41.4 Å². The lowest BCUT2D eigenvalue weighted by Crippen LogP contribution is -2.55. The smallest absolute Gasteiger partial charge is 0.343 e. The third-order valence-corrected chi connectivity index (χ3v) is 28.7. The summed E-state index contributed by atoms with van der Waals surface area (Å²) in [6, 6.07) is 21.5. The van der Waals surface area contributed by atoms with Crippen LogP contribution in [0.2, 0.25) is 0 Å². The van der Waals surface area contributed by atoms with Crippen LogP contribution in [0.5, 0.6) is 23.0 Å². The first-order valence-corrected chi connectivity index (χ1v) is 44.7. The second-order valence-electron chi connectivity index (χ2n) is 37.0. The highest BCUT2D eigenvalue weighted by atomic mass is 19.2. The largest absolute Gasteiger partial charge is 0.503 e. The topological polar surface area (TPSA) is 342 Å². The predicted octanol–water partition coefficient (Wildman–Crippen LogP) is 11.8. The van der Waals surface area contributed by atoms with Gasteiger partial charge in [0.15, 0.2) is 45.8 Å².